The Morgan fingerprint density at radius 3 is 2.74 bits per heavy atom. The SMILES string of the molecule is COCc1ccccc1NCc1ccc(Cl)c(Br)c1. The van der Waals surface area contributed by atoms with Crippen LogP contribution in [0.2, 0.25) is 5.02 Å². The number of methoxy groups -OCH3 is 1. The Kier molecular flexibility index (Phi) is 5.25. The molecule has 2 aromatic rings. The molecule has 0 aliphatic carbocycles. The van der Waals surface area contributed by atoms with Gasteiger partial charge in [-0.15, -0.1) is 0 Å². The van der Waals surface area contributed by atoms with E-state index in [2.05, 4.69) is 33.4 Å². The van der Waals surface area contributed by atoms with E-state index in [1.165, 1.54) is 5.56 Å². The molecule has 0 unspecified atom stereocenters. The fourth-order valence-corrected chi connectivity index (χ4v) is 2.36. The summed E-state index contributed by atoms with van der Waals surface area (Å²) < 4.78 is 6.11. The molecular formula is C15H15BrClNO. The van der Waals surface area contributed by atoms with E-state index in [4.69, 9.17) is 16.3 Å². The van der Waals surface area contributed by atoms with E-state index in [0.717, 1.165) is 27.3 Å². The zero-order valence-corrected chi connectivity index (χ0v) is 13.0. The highest BCUT2D eigenvalue weighted by Gasteiger charge is 2.02. The number of benzene rings is 2. The van der Waals surface area contributed by atoms with Crippen LogP contribution in [0.15, 0.2) is 46.9 Å². The van der Waals surface area contributed by atoms with Crippen LogP contribution in [0.25, 0.3) is 0 Å². The summed E-state index contributed by atoms with van der Waals surface area (Å²) in [5.74, 6) is 0. The second-order valence-electron chi connectivity index (χ2n) is 4.19. The van der Waals surface area contributed by atoms with Crippen LogP contribution in [0.1, 0.15) is 11.1 Å². The Morgan fingerprint density at radius 1 is 1.21 bits per heavy atom. The molecule has 0 aromatic heterocycles. The number of nitrogens with one attached hydrogen (secondary N) is 1. The van der Waals surface area contributed by atoms with Crippen LogP contribution in [0.4, 0.5) is 5.69 Å². The number of halogens is 2. The van der Waals surface area contributed by atoms with Gasteiger partial charge in [-0.3, -0.25) is 0 Å². The van der Waals surface area contributed by atoms with Crippen molar-refractivity contribution in [3.8, 4) is 0 Å². The van der Waals surface area contributed by atoms with Crippen LogP contribution in [0.3, 0.4) is 0 Å². The van der Waals surface area contributed by atoms with Crippen molar-refractivity contribution in [1.29, 1.82) is 0 Å². The van der Waals surface area contributed by atoms with Crippen LogP contribution in [0.5, 0.6) is 0 Å². The van der Waals surface area contributed by atoms with Gasteiger partial charge >= 0.3 is 0 Å². The third kappa shape index (κ3) is 3.96. The van der Waals surface area contributed by atoms with Gasteiger partial charge in [0.2, 0.25) is 0 Å². The van der Waals surface area contributed by atoms with Gasteiger partial charge in [0.05, 0.1) is 11.6 Å². The minimum Gasteiger partial charge on any atom is -0.381 e. The summed E-state index contributed by atoms with van der Waals surface area (Å²) in [5.41, 5.74) is 3.41. The molecule has 1 N–H and O–H groups in total. The second-order valence-corrected chi connectivity index (χ2v) is 5.45. The molecule has 0 aliphatic rings. The van der Waals surface area contributed by atoms with E-state index in [0.29, 0.717) is 6.61 Å². The monoisotopic (exact) mass is 339 g/mol. The molecule has 4 heteroatoms. The van der Waals surface area contributed by atoms with Crippen LogP contribution in [-0.4, -0.2) is 7.11 Å². The lowest BCUT2D eigenvalue weighted by atomic mass is 10.1. The Labute approximate surface area is 126 Å². The van der Waals surface area contributed by atoms with Gasteiger partial charge in [0.15, 0.2) is 0 Å². The summed E-state index contributed by atoms with van der Waals surface area (Å²) in [5, 5.41) is 4.14. The van der Waals surface area contributed by atoms with Crippen molar-refractivity contribution in [3.05, 3.63) is 63.1 Å². The second kappa shape index (κ2) is 6.94. The van der Waals surface area contributed by atoms with Gasteiger partial charge in [0, 0.05) is 29.4 Å². The summed E-state index contributed by atoms with van der Waals surface area (Å²) in [6, 6.07) is 14.1. The van der Waals surface area contributed by atoms with Gasteiger partial charge in [-0.05, 0) is 39.7 Å². The zero-order valence-electron chi connectivity index (χ0n) is 10.6. The third-order valence-electron chi connectivity index (χ3n) is 2.78. The summed E-state index contributed by atoms with van der Waals surface area (Å²) in [4.78, 5) is 0. The Balaban J connectivity index is 2.07. The molecule has 19 heavy (non-hydrogen) atoms. The lowest BCUT2D eigenvalue weighted by Crippen LogP contribution is -2.03. The minimum atomic E-state index is 0.605. The maximum absolute atomic E-state index is 5.98. The standard InChI is InChI=1S/C15H15BrClNO/c1-19-10-12-4-2-3-5-15(12)18-9-11-6-7-14(17)13(16)8-11/h2-8,18H,9-10H2,1H3. The van der Waals surface area contributed by atoms with Crippen LogP contribution < -0.4 is 5.32 Å². The molecule has 0 bridgehead atoms. The van der Waals surface area contributed by atoms with Crippen molar-refractivity contribution in [2.45, 2.75) is 13.2 Å². The van der Waals surface area contributed by atoms with Gasteiger partial charge in [0.25, 0.3) is 0 Å². The topological polar surface area (TPSA) is 21.3 Å². The molecule has 2 aromatic carbocycles. The normalized spacial score (nSPS) is 10.5. The van der Waals surface area contributed by atoms with Crippen LogP contribution in [0, 0.1) is 0 Å². The predicted molar refractivity (Wildman–Crippen MR) is 83.6 cm³/mol. The molecule has 0 saturated heterocycles. The fraction of sp³-hybridized carbons (Fsp3) is 0.200. The molecule has 0 spiro atoms. The largest absolute Gasteiger partial charge is 0.381 e. The highest BCUT2D eigenvalue weighted by molar-refractivity contribution is 9.10. The van der Waals surface area contributed by atoms with Crippen molar-refractivity contribution >= 4 is 33.2 Å². The number of hydrogen-bond acceptors (Lipinski definition) is 2. The van der Waals surface area contributed by atoms with Crippen molar-refractivity contribution in [2.24, 2.45) is 0 Å². The van der Waals surface area contributed by atoms with Gasteiger partial charge in [-0.2, -0.15) is 0 Å². The number of anilines is 1. The van der Waals surface area contributed by atoms with Gasteiger partial charge in [-0.1, -0.05) is 35.9 Å². The van der Waals surface area contributed by atoms with Crippen LogP contribution >= 0.6 is 27.5 Å². The van der Waals surface area contributed by atoms with E-state index in [1.54, 1.807) is 7.11 Å². The van der Waals surface area contributed by atoms with Crippen molar-refractivity contribution in [2.75, 3.05) is 12.4 Å². The summed E-state index contributed by atoms with van der Waals surface area (Å²) in [7, 11) is 1.70. The van der Waals surface area contributed by atoms with Crippen LogP contribution in [-0.2, 0) is 17.9 Å². The number of hydrogen-bond donors (Lipinski definition) is 1. The first-order chi connectivity index (χ1) is 9.20. The summed E-state index contributed by atoms with van der Waals surface area (Å²) >= 11 is 9.41. The molecule has 0 amide bonds. The van der Waals surface area contributed by atoms with Crippen molar-refractivity contribution in [1.82, 2.24) is 0 Å². The van der Waals surface area contributed by atoms with E-state index in [-0.39, 0.29) is 0 Å². The fourth-order valence-electron chi connectivity index (χ4n) is 1.82. The lowest BCUT2D eigenvalue weighted by Gasteiger charge is -2.12. The maximum atomic E-state index is 5.98. The first kappa shape index (κ1) is 14.4. The summed E-state index contributed by atoms with van der Waals surface area (Å²) in [6.45, 7) is 1.35. The molecule has 2 rings (SSSR count). The Morgan fingerprint density at radius 2 is 2.00 bits per heavy atom. The van der Waals surface area contributed by atoms with Gasteiger partial charge in [-0.25, -0.2) is 0 Å². The smallest absolute Gasteiger partial charge is 0.0733 e. The van der Waals surface area contributed by atoms with E-state index in [1.807, 2.05) is 30.3 Å². The zero-order chi connectivity index (χ0) is 13.7. The Hall–Kier alpha value is -1.03. The number of para-hydroxylation sites is 1. The summed E-state index contributed by atoms with van der Waals surface area (Å²) in [6.07, 6.45) is 0. The van der Waals surface area contributed by atoms with Crippen molar-refractivity contribution in [3.63, 3.8) is 0 Å². The molecular weight excluding hydrogens is 326 g/mol. The van der Waals surface area contributed by atoms with E-state index in [9.17, 15) is 0 Å². The molecule has 100 valence electrons. The lowest BCUT2D eigenvalue weighted by molar-refractivity contribution is 0.185. The Bertz CT molecular complexity index is 560. The van der Waals surface area contributed by atoms with Gasteiger partial charge in [0.1, 0.15) is 0 Å². The highest BCUT2D eigenvalue weighted by Crippen LogP contribution is 2.24. The predicted octanol–water partition coefficient (Wildman–Crippen LogP) is 4.86. The number of rotatable bonds is 5. The average molecular weight is 341 g/mol. The van der Waals surface area contributed by atoms with Gasteiger partial charge < -0.3 is 10.1 Å². The molecule has 2 nitrogen and oxygen atoms in total. The van der Waals surface area contributed by atoms with E-state index < -0.39 is 0 Å². The number of ether oxygens (including phenoxy) is 1. The minimum absolute atomic E-state index is 0.605. The average Bonchev–Trinajstić information content (AvgIpc) is 2.42. The first-order valence-electron chi connectivity index (χ1n) is 5.95. The molecule has 0 heterocycles. The molecule has 0 aliphatic heterocycles. The quantitative estimate of drug-likeness (QED) is 0.839. The molecule has 0 atom stereocenters. The molecule has 0 radical (unpaired) electrons. The molecule has 0 fully saturated rings. The third-order valence-corrected chi connectivity index (χ3v) is 4.00. The first-order valence-corrected chi connectivity index (χ1v) is 7.12. The maximum Gasteiger partial charge on any atom is 0.0733 e. The highest BCUT2D eigenvalue weighted by atomic mass is 79.9. The van der Waals surface area contributed by atoms with E-state index >= 15 is 0 Å². The van der Waals surface area contributed by atoms with Crippen molar-refractivity contribution < 1.29 is 4.74 Å². The molecule has 0 saturated carbocycles.